The second-order valence-corrected chi connectivity index (χ2v) is 8.57. The molecule has 0 atom stereocenters. The molecule has 0 heterocycles. The number of nitrogens with zero attached hydrogens (tertiary/aromatic N) is 1. The van der Waals surface area contributed by atoms with Gasteiger partial charge in [0.1, 0.15) is 0 Å². The lowest BCUT2D eigenvalue weighted by molar-refractivity contribution is -0.384. The smallest absolute Gasteiger partial charge is 0.258 e. The van der Waals surface area contributed by atoms with Gasteiger partial charge in [0.05, 0.1) is 10.5 Å². The number of rotatable bonds is 2. The maximum atomic E-state index is 10.9. The van der Waals surface area contributed by atoms with Crippen molar-refractivity contribution in [1.29, 1.82) is 0 Å². The van der Waals surface area contributed by atoms with Crippen LogP contribution in [0.4, 0.5) is 5.69 Å². The molecule has 1 aliphatic carbocycles. The van der Waals surface area contributed by atoms with Crippen molar-refractivity contribution < 1.29 is 4.92 Å². The summed E-state index contributed by atoms with van der Waals surface area (Å²) in [5.41, 5.74) is 7.21. The highest BCUT2D eigenvalue weighted by Gasteiger charge is 2.19. The van der Waals surface area contributed by atoms with E-state index in [0.29, 0.717) is 5.56 Å². The van der Waals surface area contributed by atoms with Gasteiger partial charge in [-0.3, -0.25) is 10.1 Å². The van der Waals surface area contributed by atoms with Gasteiger partial charge in [0.15, 0.2) is 0 Å². The minimum absolute atomic E-state index is 0.120. The van der Waals surface area contributed by atoms with Crippen molar-refractivity contribution in [3.05, 3.63) is 121 Å². The standard InChI is InChI=1S/C13H9Br.C12H8BrNO2/c14-12-7-3-5-10-8-9-4-1-2-6-11(9)13(10)12;13-11-7-3-1-5-9(11)10-6-2-4-8-12(10)14(15)16/h1-7H,8H2;1-8H. The van der Waals surface area contributed by atoms with Crippen molar-refractivity contribution >= 4 is 37.5 Å². The van der Waals surface area contributed by atoms with Crippen LogP contribution in [0, 0.1) is 10.1 Å². The Morgan fingerprint density at radius 3 is 1.93 bits per heavy atom. The van der Waals surface area contributed by atoms with Crippen molar-refractivity contribution in [2.75, 3.05) is 0 Å². The molecule has 0 bridgehead atoms. The summed E-state index contributed by atoms with van der Waals surface area (Å²) in [6.07, 6.45) is 1.07. The van der Waals surface area contributed by atoms with Crippen molar-refractivity contribution in [2.24, 2.45) is 0 Å². The van der Waals surface area contributed by atoms with Crippen LogP contribution in [-0.4, -0.2) is 4.92 Å². The molecule has 0 spiro atoms. The van der Waals surface area contributed by atoms with Crippen LogP contribution in [0.25, 0.3) is 22.3 Å². The Kier molecular flexibility index (Phi) is 6.11. The monoisotopic (exact) mass is 521 g/mol. The maximum Gasteiger partial charge on any atom is 0.277 e. The SMILES string of the molecule is Brc1cccc2c1-c1ccccc1C2.O=[N+]([O-])c1ccccc1-c1ccccc1Br. The summed E-state index contributed by atoms with van der Waals surface area (Å²) in [4.78, 5) is 10.5. The molecule has 3 nitrogen and oxygen atoms in total. The van der Waals surface area contributed by atoms with Crippen molar-refractivity contribution in [2.45, 2.75) is 6.42 Å². The Hall–Kier alpha value is -2.76. The number of hydrogen-bond acceptors (Lipinski definition) is 2. The fourth-order valence-electron chi connectivity index (χ4n) is 3.68. The average molecular weight is 523 g/mol. The molecule has 0 aliphatic heterocycles. The van der Waals surface area contributed by atoms with Gasteiger partial charge in [-0.2, -0.15) is 0 Å². The third kappa shape index (κ3) is 4.09. The van der Waals surface area contributed by atoms with E-state index in [0.717, 1.165) is 16.5 Å². The van der Waals surface area contributed by atoms with Crippen molar-refractivity contribution in [1.82, 2.24) is 0 Å². The van der Waals surface area contributed by atoms with Crippen LogP contribution in [0.2, 0.25) is 0 Å². The predicted molar refractivity (Wildman–Crippen MR) is 129 cm³/mol. The Bertz CT molecular complexity index is 1240. The van der Waals surface area contributed by atoms with Crippen LogP contribution in [0.1, 0.15) is 11.1 Å². The highest BCUT2D eigenvalue weighted by molar-refractivity contribution is 9.11. The van der Waals surface area contributed by atoms with Crippen LogP contribution in [0.3, 0.4) is 0 Å². The molecule has 4 aromatic rings. The molecular formula is C25H17Br2NO2. The van der Waals surface area contributed by atoms with Crippen LogP contribution in [-0.2, 0) is 6.42 Å². The van der Waals surface area contributed by atoms with Gasteiger partial charge in [-0.15, -0.1) is 0 Å². The molecule has 30 heavy (non-hydrogen) atoms. The summed E-state index contributed by atoms with van der Waals surface area (Å²) in [6, 6.07) is 29.2. The summed E-state index contributed by atoms with van der Waals surface area (Å²) >= 11 is 7.01. The Morgan fingerprint density at radius 2 is 1.20 bits per heavy atom. The van der Waals surface area contributed by atoms with Crippen LogP contribution in [0.5, 0.6) is 0 Å². The number of fused-ring (bicyclic) bond motifs is 3. The molecule has 5 rings (SSSR count). The summed E-state index contributed by atoms with van der Waals surface area (Å²) in [7, 11) is 0. The van der Waals surface area contributed by atoms with E-state index in [1.54, 1.807) is 18.2 Å². The highest BCUT2D eigenvalue weighted by atomic mass is 79.9. The lowest BCUT2D eigenvalue weighted by Gasteiger charge is -2.04. The van der Waals surface area contributed by atoms with Crippen molar-refractivity contribution in [3.63, 3.8) is 0 Å². The number of nitro groups is 1. The molecule has 0 aromatic heterocycles. The zero-order valence-corrected chi connectivity index (χ0v) is 19.1. The zero-order chi connectivity index (χ0) is 21.1. The second-order valence-electron chi connectivity index (χ2n) is 6.86. The number of halogens is 2. The van der Waals surface area contributed by atoms with E-state index in [1.165, 1.54) is 32.8 Å². The summed E-state index contributed by atoms with van der Waals surface area (Å²) < 4.78 is 2.06. The first-order valence-corrected chi connectivity index (χ1v) is 11.0. The minimum Gasteiger partial charge on any atom is -0.258 e. The van der Waals surface area contributed by atoms with E-state index in [-0.39, 0.29) is 10.6 Å². The van der Waals surface area contributed by atoms with Gasteiger partial charge in [-0.05, 0) is 46.9 Å². The van der Waals surface area contributed by atoms with Gasteiger partial charge < -0.3 is 0 Å². The summed E-state index contributed by atoms with van der Waals surface area (Å²) in [5.74, 6) is 0. The third-order valence-corrected chi connectivity index (χ3v) is 6.38. The Morgan fingerprint density at radius 1 is 0.633 bits per heavy atom. The largest absolute Gasteiger partial charge is 0.277 e. The number of hydrogen-bond donors (Lipinski definition) is 0. The first-order chi connectivity index (χ1) is 14.6. The van der Waals surface area contributed by atoms with E-state index >= 15 is 0 Å². The fraction of sp³-hybridized carbons (Fsp3) is 0.0400. The van der Waals surface area contributed by atoms with E-state index in [4.69, 9.17) is 0 Å². The number of para-hydroxylation sites is 1. The Balaban J connectivity index is 0.000000146. The van der Waals surface area contributed by atoms with Gasteiger partial charge in [0.25, 0.3) is 5.69 Å². The lowest BCUT2D eigenvalue weighted by Crippen LogP contribution is -1.91. The molecule has 0 saturated carbocycles. The van der Waals surface area contributed by atoms with Crippen molar-refractivity contribution in [3.8, 4) is 22.3 Å². The topological polar surface area (TPSA) is 43.1 Å². The molecule has 5 heteroatoms. The molecule has 4 aromatic carbocycles. The molecule has 0 unspecified atom stereocenters. The van der Waals surface area contributed by atoms with Gasteiger partial charge >= 0.3 is 0 Å². The predicted octanol–water partition coefficient (Wildman–Crippen LogP) is 8.04. The average Bonchev–Trinajstić information content (AvgIpc) is 3.14. The highest BCUT2D eigenvalue weighted by Crippen LogP contribution is 2.40. The lowest BCUT2D eigenvalue weighted by atomic mass is 10.0. The summed E-state index contributed by atoms with van der Waals surface area (Å²) in [5, 5.41) is 10.9. The Labute approximate surface area is 191 Å². The summed E-state index contributed by atoms with van der Waals surface area (Å²) in [6.45, 7) is 0. The number of nitro benzene ring substituents is 1. The first-order valence-electron chi connectivity index (χ1n) is 9.40. The van der Waals surface area contributed by atoms with Crippen LogP contribution < -0.4 is 0 Å². The third-order valence-electron chi connectivity index (χ3n) is 5.03. The maximum absolute atomic E-state index is 10.9. The molecule has 0 fully saturated rings. The van der Waals surface area contributed by atoms with Gasteiger partial charge in [-0.25, -0.2) is 0 Å². The van der Waals surface area contributed by atoms with Gasteiger partial charge in [0, 0.05) is 20.6 Å². The van der Waals surface area contributed by atoms with E-state index < -0.39 is 0 Å². The van der Waals surface area contributed by atoms with E-state index in [2.05, 4.69) is 74.3 Å². The van der Waals surface area contributed by atoms with Crippen LogP contribution >= 0.6 is 31.9 Å². The molecule has 0 radical (unpaired) electrons. The van der Waals surface area contributed by atoms with Gasteiger partial charge in [-0.1, -0.05) is 98.6 Å². The zero-order valence-electron chi connectivity index (χ0n) is 15.9. The minimum atomic E-state index is -0.366. The molecule has 148 valence electrons. The van der Waals surface area contributed by atoms with Gasteiger partial charge in [0.2, 0.25) is 0 Å². The molecule has 0 saturated heterocycles. The second kappa shape index (κ2) is 8.94. The molecule has 0 amide bonds. The van der Waals surface area contributed by atoms with E-state index in [1.807, 2.05) is 24.3 Å². The molecule has 0 N–H and O–H groups in total. The van der Waals surface area contributed by atoms with E-state index in [9.17, 15) is 10.1 Å². The normalized spacial score (nSPS) is 11.1. The molecule has 1 aliphatic rings. The number of benzene rings is 4. The molecular weight excluding hydrogens is 506 g/mol. The van der Waals surface area contributed by atoms with Crippen LogP contribution in [0.15, 0.2) is 99.9 Å². The fourth-order valence-corrected chi connectivity index (χ4v) is 4.80. The quantitative estimate of drug-likeness (QED) is 0.174. The first kappa shape index (κ1) is 20.5.